The van der Waals surface area contributed by atoms with Gasteiger partial charge in [0.05, 0.1) is 18.1 Å². The van der Waals surface area contributed by atoms with Crippen molar-refractivity contribution >= 4 is 27.5 Å². The van der Waals surface area contributed by atoms with Gasteiger partial charge in [0.1, 0.15) is 5.56 Å². The van der Waals surface area contributed by atoms with Crippen LogP contribution in [0, 0.1) is 17.0 Å². The first-order valence-electron chi connectivity index (χ1n) is 5.73. The van der Waals surface area contributed by atoms with E-state index < -0.39 is 10.8 Å². The number of rotatable bonds is 7. The van der Waals surface area contributed by atoms with Gasteiger partial charge in [-0.25, -0.2) is 0 Å². The van der Waals surface area contributed by atoms with E-state index in [4.69, 9.17) is 4.74 Å². The molecule has 0 bridgehead atoms. The highest BCUT2D eigenvalue weighted by atomic mass is 79.9. The molecule has 0 aliphatic rings. The molecular weight excluding hydrogens is 316 g/mol. The Bertz CT molecular complexity index is 465. The second kappa shape index (κ2) is 7.85. The number of halogens is 1. The molecule has 0 radical (unpaired) electrons. The van der Waals surface area contributed by atoms with Gasteiger partial charge in [0.2, 0.25) is 0 Å². The Labute approximate surface area is 119 Å². The van der Waals surface area contributed by atoms with Crippen molar-refractivity contribution in [3.05, 3.63) is 39.4 Å². The number of ether oxygens (including phenoxy) is 1. The van der Waals surface area contributed by atoms with E-state index in [2.05, 4.69) is 21.2 Å². The van der Waals surface area contributed by atoms with Crippen molar-refractivity contribution in [3.8, 4) is 0 Å². The van der Waals surface area contributed by atoms with Crippen molar-refractivity contribution in [2.75, 3.05) is 25.1 Å². The second-order valence-electron chi connectivity index (χ2n) is 3.83. The number of nitrogens with zero attached hydrogens (tertiary/aromatic N) is 1. The molecule has 0 aliphatic carbocycles. The van der Waals surface area contributed by atoms with Crippen molar-refractivity contribution in [3.63, 3.8) is 0 Å². The normalized spacial score (nSPS) is 10.2. The summed E-state index contributed by atoms with van der Waals surface area (Å²) in [7, 11) is 0. The van der Waals surface area contributed by atoms with Crippen molar-refractivity contribution < 1.29 is 14.5 Å². The molecule has 0 heterocycles. The highest BCUT2D eigenvalue weighted by molar-refractivity contribution is 9.09. The summed E-state index contributed by atoms with van der Waals surface area (Å²) in [5.41, 5.74) is 0.682. The fourth-order valence-corrected chi connectivity index (χ4v) is 1.71. The largest absolute Gasteiger partial charge is 0.379 e. The maximum Gasteiger partial charge on any atom is 0.282 e. The molecule has 0 saturated carbocycles. The average molecular weight is 331 g/mol. The standard InChI is InChI=1S/C12H15BrN2O4/c1-9-2-3-11(15(17)18)10(8-9)12(16)14-5-7-19-6-4-13/h2-3,8H,4-7H2,1H3,(H,14,16). The molecule has 0 unspecified atom stereocenters. The molecule has 7 heteroatoms. The van der Waals surface area contributed by atoms with Crippen molar-refractivity contribution in [1.82, 2.24) is 5.32 Å². The maximum atomic E-state index is 11.9. The van der Waals surface area contributed by atoms with Crippen LogP contribution in [0.1, 0.15) is 15.9 Å². The third-order valence-electron chi connectivity index (χ3n) is 2.35. The number of nitro groups is 1. The third-order valence-corrected chi connectivity index (χ3v) is 2.67. The molecule has 0 aromatic heterocycles. The highest BCUT2D eigenvalue weighted by Crippen LogP contribution is 2.19. The summed E-state index contributed by atoms with van der Waals surface area (Å²) in [6.07, 6.45) is 0. The van der Waals surface area contributed by atoms with Gasteiger partial charge >= 0.3 is 0 Å². The van der Waals surface area contributed by atoms with Crippen LogP contribution in [0.3, 0.4) is 0 Å². The third kappa shape index (κ3) is 4.96. The summed E-state index contributed by atoms with van der Waals surface area (Å²) in [5, 5.41) is 14.2. The van der Waals surface area contributed by atoms with E-state index >= 15 is 0 Å². The van der Waals surface area contributed by atoms with E-state index in [0.29, 0.717) is 19.8 Å². The Hall–Kier alpha value is -1.47. The van der Waals surface area contributed by atoms with Crippen LogP contribution in [-0.4, -0.2) is 35.9 Å². The van der Waals surface area contributed by atoms with Crippen LogP contribution in [0.25, 0.3) is 0 Å². The molecular formula is C12H15BrN2O4. The van der Waals surface area contributed by atoms with E-state index in [-0.39, 0.29) is 11.3 Å². The van der Waals surface area contributed by atoms with E-state index in [1.165, 1.54) is 12.1 Å². The molecule has 0 saturated heterocycles. The van der Waals surface area contributed by atoms with Crippen LogP contribution in [0.5, 0.6) is 0 Å². The predicted molar refractivity (Wildman–Crippen MR) is 74.8 cm³/mol. The van der Waals surface area contributed by atoms with Crippen LogP contribution in [0.15, 0.2) is 18.2 Å². The first-order valence-corrected chi connectivity index (χ1v) is 6.85. The van der Waals surface area contributed by atoms with Crippen LogP contribution in [0.4, 0.5) is 5.69 Å². The van der Waals surface area contributed by atoms with Crippen LogP contribution >= 0.6 is 15.9 Å². The van der Waals surface area contributed by atoms with E-state index in [1.807, 2.05) is 0 Å². The predicted octanol–water partition coefficient (Wildman–Crippen LogP) is 2.04. The Kier molecular flexibility index (Phi) is 6.44. The number of carbonyl (C=O) groups is 1. The Morgan fingerprint density at radius 1 is 1.47 bits per heavy atom. The highest BCUT2D eigenvalue weighted by Gasteiger charge is 2.19. The topological polar surface area (TPSA) is 81.5 Å². The van der Waals surface area contributed by atoms with E-state index in [1.54, 1.807) is 13.0 Å². The maximum absolute atomic E-state index is 11.9. The Morgan fingerprint density at radius 3 is 2.84 bits per heavy atom. The van der Waals surface area contributed by atoms with Gasteiger partial charge in [-0.05, 0) is 18.6 Å². The molecule has 0 spiro atoms. The van der Waals surface area contributed by atoms with Gasteiger partial charge in [-0.1, -0.05) is 22.0 Å². The summed E-state index contributed by atoms with van der Waals surface area (Å²) in [4.78, 5) is 22.2. The first kappa shape index (κ1) is 15.6. The van der Waals surface area contributed by atoms with Gasteiger partial charge < -0.3 is 10.1 Å². The lowest BCUT2D eigenvalue weighted by Crippen LogP contribution is -2.28. The number of hydrogen-bond donors (Lipinski definition) is 1. The number of nitrogens with one attached hydrogen (secondary N) is 1. The molecule has 0 aliphatic heterocycles. The molecule has 1 rings (SSSR count). The Morgan fingerprint density at radius 2 is 2.21 bits per heavy atom. The smallest absolute Gasteiger partial charge is 0.282 e. The number of amides is 1. The van der Waals surface area contributed by atoms with Crippen molar-refractivity contribution in [1.29, 1.82) is 0 Å². The van der Waals surface area contributed by atoms with E-state index in [9.17, 15) is 14.9 Å². The van der Waals surface area contributed by atoms with Gasteiger partial charge in [0, 0.05) is 17.9 Å². The zero-order valence-electron chi connectivity index (χ0n) is 10.5. The molecule has 1 aromatic rings. The van der Waals surface area contributed by atoms with Gasteiger partial charge in [-0.3, -0.25) is 14.9 Å². The summed E-state index contributed by atoms with van der Waals surface area (Å²) < 4.78 is 5.18. The minimum Gasteiger partial charge on any atom is -0.379 e. The van der Waals surface area contributed by atoms with Crippen LogP contribution < -0.4 is 5.32 Å². The van der Waals surface area contributed by atoms with Crippen LogP contribution in [0.2, 0.25) is 0 Å². The van der Waals surface area contributed by atoms with Gasteiger partial charge in [-0.15, -0.1) is 0 Å². The summed E-state index contributed by atoms with van der Waals surface area (Å²) >= 11 is 3.21. The molecule has 1 aromatic carbocycles. The van der Waals surface area contributed by atoms with Gasteiger partial charge in [0.15, 0.2) is 0 Å². The molecule has 1 N–H and O–H groups in total. The molecule has 0 atom stereocenters. The number of alkyl halides is 1. The number of aryl methyl sites for hydroxylation is 1. The minimum absolute atomic E-state index is 0.0745. The van der Waals surface area contributed by atoms with Gasteiger partial charge in [-0.2, -0.15) is 0 Å². The number of hydrogen-bond acceptors (Lipinski definition) is 4. The molecule has 19 heavy (non-hydrogen) atoms. The number of nitro benzene ring substituents is 1. The minimum atomic E-state index is -0.560. The quantitative estimate of drug-likeness (QED) is 0.359. The van der Waals surface area contributed by atoms with Crippen molar-refractivity contribution in [2.45, 2.75) is 6.92 Å². The number of benzene rings is 1. The Balaban J connectivity index is 2.65. The lowest BCUT2D eigenvalue weighted by Gasteiger charge is -2.07. The average Bonchev–Trinajstić information content (AvgIpc) is 2.37. The monoisotopic (exact) mass is 330 g/mol. The number of carbonyl (C=O) groups excluding carboxylic acids is 1. The fraction of sp³-hybridized carbons (Fsp3) is 0.417. The zero-order chi connectivity index (χ0) is 14.3. The summed E-state index contributed by atoms with van der Waals surface area (Å²) in [6.45, 7) is 3.02. The summed E-state index contributed by atoms with van der Waals surface area (Å²) in [5.74, 6) is -0.460. The van der Waals surface area contributed by atoms with Crippen molar-refractivity contribution in [2.24, 2.45) is 0 Å². The molecule has 1 amide bonds. The molecule has 104 valence electrons. The molecule has 6 nitrogen and oxygen atoms in total. The second-order valence-corrected chi connectivity index (χ2v) is 4.63. The zero-order valence-corrected chi connectivity index (χ0v) is 12.1. The lowest BCUT2D eigenvalue weighted by molar-refractivity contribution is -0.385. The van der Waals surface area contributed by atoms with Gasteiger partial charge in [0.25, 0.3) is 11.6 Å². The van der Waals surface area contributed by atoms with E-state index in [0.717, 1.165) is 10.9 Å². The fourth-order valence-electron chi connectivity index (χ4n) is 1.48. The van der Waals surface area contributed by atoms with Crippen LogP contribution in [-0.2, 0) is 4.74 Å². The first-order chi connectivity index (χ1) is 9.06. The summed E-state index contributed by atoms with van der Waals surface area (Å²) in [6, 6.07) is 4.45. The lowest BCUT2D eigenvalue weighted by atomic mass is 10.1. The molecule has 0 fully saturated rings. The SMILES string of the molecule is Cc1ccc([N+](=O)[O-])c(C(=O)NCCOCCBr)c1.